The van der Waals surface area contributed by atoms with Crippen LogP contribution >= 0.6 is 0 Å². The molecule has 23 heavy (non-hydrogen) atoms. The van der Waals surface area contributed by atoms with Crippen LogP contribution in [0.25, 0.3) is 10.9 Å². The summed E-state index contributed by atoms with van der Waals surface area (Å²) in [7, 11) is -3.44. The lowest BCUT2D eigenvalue weighted by Gasteiger charge is -2.34. The molecule has 0 saturated heterocycles. The fourth-order valence-electron chi connectivity index (χ4n) is 3.07. The van der Waals surface area contributed by atoms with Gasteiger partial charge in [0.05, 0.1) is 28.3 Å². The molecule has 1 aromatic heterocycles. The molecule has 0 spiro atoms. The van der Waals surface area contributed by atoms with Crippen molar-refractivity contribution in [1.82, 2.24) is 4.98 Å². The quantitative estimate of drug-likeness (QED) is 0.686. The van der Waals surface area contributed by atoms with E-state index in [1.54, 1.807) is 13.1 Å². The van der Waals surface area contributed by atoms with Crippen LogP contribution < -0.4 is 4.31 Å². The number of nitrogens with zero attached hydrogens (tertiary/aromatic N) is 2. The Bertz CT molecular complexity index is 999. The van der Waals surface area contributed by atoms with Gasteiger partial charge in [0.2, 0.25) is 10.0 Å². The number of benzene rings is 2. The largest absolute Gasteiger partial charge is 0.254 e. The monoisotopic (exact) mass is 324 g/mol. The van der Waals surface area contributed by atoms with Crippen LogP contribution in [0.2, 0.25) is 0 Å². The van der Waals surface area contributed by atoms with Crippen molar-refractivity contribution in [3.05, 3.63) is 66.4 Å². The molecular weight excluding hydrogens is 308 g/mol. The molecule has 0 N–H and O–H groups in total. The highest BCUT2D eigenvalue weighted by molar-refractivity contribution is 7.93. The predicted molar refractivity (Wildman–Crippen MR) is 92.4 cm³/mol. The Morgan fingerprint density at radius 3 is 2.70 bits per heavy atom. The average Bonchev–Trinajstić information content (AvgIpc) is 2.55. The normalized spacial score (nSPS) is 19.5. The first-order valence-electron chi connectivity index (χ1n) is 7.54. The summed E-state index contributed by atoms with van der Waals surface area (Å²) in [4.78, 5) is 4.41. The summed E-state index contributed by atoms with van der Waals surface area (Å²) in [5.74, 6) is 0. The maximum Gasteiger partial charge on any atom is 0.242 e. The second kappa shape index (κ2) is 5.06. The van der Waals surface area contributed by atoms with E-state index in [4.69, 9.17) is 0 Å². The third kappa shape index (κ3) is 2.19. The molecule has 4 nitrogen and oxygen atoms in total. The molecule has 0 amide bonds. The van der Waals surface area contributed by atoms with E-state index in [9.17, 15) is 8.42 Å². The van der Waals surface area contributed by atoms with Crippen molar-refractivity contribution in [2.24, 2.45) is 0 Å². The van der Waals surface area contributed by atoms with Crippen molar-refractivity contribution in [1.29, 1.82) is 0 Å². The summed E-state index contributed by atoms with van der Waals surface area (Å²) >= 11 is 0. The molecule has 1 unspecified atom stereocenters. The summed E-state index contributed by atoms with van der Waals surface area (Å²) in [6, 6.07) is 17.2. The molecule has 0 aliphatic carbocycles. The second-order valence-corrected chi connectivity index (χ2v) is 8.04. The summed E-state index contributed by atoms with van der Waals surface area (Å²) in [5.41, 5.74) is 3.21. The molecule has 2 aromatic carbocycles. The maximum absolute atomic E-state index is 12.9. The highest BCUT2D eigenvalue weighted by Crippen LogP contribution is 2.39. The van der Waals surface area contributed by atoms with Crippen LogP contribution in [0.1, 0.15) is 12.5 Å². The molecule has 1 atom stereocenters. The van der Waals surface area contributed by atoms with Crippen LogP contribution in [0, 0.1) is 0 Å². The van der Waals surface area contributed by atoms with Gasteiger partial charge in [-0.05, 0) is 37.1 Å². The van der Waals surface area contributed by atoms with Crippen molar-refractivity contribution in [2.75, 3.05) is 4.31 Å². The van der Waals surface area contributed by atoms with Gasteiger partial charge in [-0.25, -0.2) is 12.7 Å². The van der Waals surface area contributed by atoms with Crippen LogP contribution in [0.3, 0.4) is 0 Å². The van der Waals surface area contributed by atoms with Crippen molar-refractivity contribution in [3.8, 4) is 0 Å². The van der Waals surface area contributed by atoms with Gasteiger partial charge in [-0.3, -0.25) is 4.98 Å². The lowest BCUT2D eigenvalue weighted by Crippen LogP contribution is -2.39. The first-order valence-corrected chi connectivity index (χ1v) is 9.04. The summed E-state index contributed by atoms with van der Waals surface area (Å²) in [5, 5.41) is 0.472. The highest BCUT2D eigenvalue weighted by atomic mass is 32.2. The molecule has 1 aliphatic heterocycles. The summed E-state index contributed by atoms with van der Waals surface area (Å²) < 4.78 is 27.3. The van der Waals surface area contributed by atoms with Gasteiger partial charge in [-0.15, -0.1) is 0 Å². The molecule has 4 rings (SSSR count). The van der Waals surface area contributed by atoms with Gasteiger partial charge < -0.3 is 0 Å². The van der Waals surface area contributed by atoms with Crippen LogP contribution in [0.15, 0.2) is 60.8 Å². The van der Waals surface area contributed by atoms with Gasteiger partial charge in [0, 0.05) is 5.39 Å². The number of fused-ring (bicyclic) bond motifs is 2. The van der Waals surface area contributed by atoms with Crippen LogP contribution in [0.4, 0.5) is 11.4 Å². The van der Waals surface area contributed by atoms with E-state index in [1.807, 2.05) is 54.6 Å². The molecular formula is C18H16N2O2S. The van der Waals surface area contributed by atoms with E-state index in [0.29, 0.717) is 12.1 Å². The SMILES string of the molecule is CC1Cc2ccccc2N(c2cnc3ccccc3c2)S1(=O)=O. The first-order chi connectivity index (χ1) is 11.1. The molecule has 0 saturated carbocycles. The third-order valence-electron chi connectivity index (χ3n) is 4.29. The molecule has 2 heterocycles. The zero-order chi connectivity index (χ0) is 16.0. The van der Waals surface area contributed by atoms with E-state index < -0.39 is 15.3 Å². The average molecular weight is 324 g/mol. The zero-order valence-electron chi connectivity index (χ0n) is 12.7. The van der Waals surface area contributed by atoms with Crippen LogP contribution in [0.5, 0.6) is 0 Å². The topological polar surface area (TPSA) is 50.3 Å². The number of pyridine rings is 1. The Balaban J connectivity index is 1.97. The maximum atomic E-state index is 12.9. The lowest BCUT2D eigenvalue weighted by atomic mass is 10.1. The Morgan fingerprint density at radius 1 is 1.09 bits per heavy atom. The van der Waals surface area contributed by atoms with Gasteiger partial charge in [0.25, 0.3) is 0 Å². The Kier molecular flexibility index (Phi) is 3.13. The minimum atomic E-state index is -3.44. The van der Waals surface area contributed by atoms with Gasteiger partial charge in [0.15, 0.2) is 0 Å². The first kappa shape index (κ1) is 14.2. The Morgan fingerprint density at radius 2 is 1.83 bits per heavy atom. The predicted octanol–water partition coefficient (Wildman–Crippen LogP) is 3.65. The standard InChI is InChI=1S/C18H16N2O2S/c1-13-10-15-7-3-5-9-18(15)20(23(13,21)22)16-11-14-6-2-4-8-17(14)19-12-16/h2-9,11-13H,10H2,1H3. The van der Waals surface area contributed by atoms with Gasteiger partial charge >= 0.3 is 0 Å². The van der Waals surface area contributed by atoms with Gasteiger partial charge in [-0.1, -0.05) is 36.4 Å². The summed E-state index contributed by atoms with van der Waals surface area (Å²) in [6.45, 7) is 1.76. The van der Waals surface area contributed by atoms with Crippen molar-refractivity contribution in [2.45, 2.75) is 18.6 Å². The number of rotatable bonds is 1. The van der Waals surface area contributed by atoms with E-state index in [0.717, 1.165) is 22.2 Å². The highest BCUT2D eigenvalue weighted by Gasteiger charge is 2.36. The molecule has 0 bridgehead atoms. The number of hydrogen-bond donors (Lipinski definition) is 0. The molecule has 5 heteroatoms. The number of para-hydroxylation sites is 2. The van der Waals surface area contributed by atoms with E-state index in [1.165, 1.54) is 4.31 Å². The second-order valence-electron chi connectivity index (χ2n) is 5.84. The minimum Gasteiger partial charge on any atom is -0.254 e. The molecule has 0 fully saturated rings. The summed E-state index contributed by atoms with van der Waals surface area (Å²) in [6.07, 6.45) is 2.17. The van der Waals surface area contributed by atoms with Crippen LogP contribution in [-0.2, 0) is 16.4 Å². The number of hydrogen-bond acceptors (Lipinski definition) is 3. The van der Waals surface area contributed by atoms with E-state index in [2.05, 4.69) is 4.98 Å². The Hall–Kier alpha value is -2.40. The molecule has 3 aromatic rings. The fourth-order valence-corrected chi connectivity index (χ4v) is 4.67. The fraction of sp³-hybridized carbons (Fsp3) is 0.167. The van der Waals surface area contributed by atoms with Crippen molar-refractivity contribution >= 4 is 32.3 Å². The smallest absolute Gasteiger partial charge is 0.242 e. The third-order valence-corrected chi connectivity index (χ3v) is 6.39. The zero-order valence-corrected chi connectivity index (χ0v) is 13.5. The van der Waals surface area contributed by atoms with Crippen LogP contribution in [-0.4, -0.2) is 18.7 Å². The number of anilines is 2. The van der Waals surface area contributed by atoms with Crippen molar-refractivity contribution in [3.63, 3.8) is 0 Å². The Labute approximate surface area is 135 Å². The van der Waals surface area contributed by atoms with Gasteiger partial charge in [0.1, 0.15) is 0 Å². The van der Waals surface area contributed by atoms with Crippen molar-refractivity contribution < 1.29 is 8.42 Å². The number of aromatic nitrogens is 1. The minimum absolute atomic E-state index is 0.455. The van der Waals surface area contributed by atoms with Gasteiger partial charge in [-0.2, -0.15) is 0 Å². The number of sulfonamides is 1. The molecule has 1 aliphatic rings. The van der Waals surface area contributed by atoms with E-state index >= 15 is 0 Å². The molecule has 0 radical (unpaired) electrons. The van der Waals surface area contributed by atoms with E-state index in [-0.39, 0.29) is 0 Å². The molecule has 116 valence electrons. The lowest BCUT2D eigenvalue weighted by molar-refractivity contribution is 0.579.